The molecular formula is C9H14N2O4. The van der Waals surface area contributed by atoms with E-state index in [-0.39, 0.29) is 19.5 Å². The molecule has 0 spiro atoms. The summed E-state index contributed by atoms with van der Waals surface area (Å²) in [5.41, 5.74) is 0. The van der Waals surface area contributed by atoms with E-state index >= 15 is 0 Å². The van der Waals surface area contributed by atoms with Crippen molar-refractivity contribution >= 4 is 12.0 Å². The van der Waals surface area contributed by atoms with Gasteiger partial charge in [-0.05, 0) is 0 Å². The number of rotatable bonds is 3. The number of nitrogens with zero attached hydrogens (tertiary/aromatic N) is 1. The minimum absolute atomic E-state index is 0.0555. The summed E-state index contributed by atoms with van der Waals surface area (Å²) in [6.07, 6.45) is 0.817. The van der Waals surface area contributed by atoms with Gasteiger partial charge in [-0.25, -0.2) is 9.59 Å². The second-order valence-corrected chi connectivity index (χ2v) is 3.37. The van der Waals surface area contributed by atoms with Crippen molar-refractivity contribution < 1.29 is 19.8 Å². The number of likely N-dealkylation sites (tertiary alicyclic amines) is 1. The first-order valence-corrected chi connectivity index (χ1v) is 4.62. The second-order valence-electron chi connectivity index (χ2n) is 3.37. The number of β-amino-alcohol motifs (C(OH)–C–C–N with tert-alkyl or cyclic N) is 1. The number of hydrogen-bond donors (Lipinski definition) is 3. The molecule has 84 valence electrons. The molecule has 0 aromatic carbocycles. The van der Waals surface area contributed by atoms with E-state index in [2.05, 4.69) is 11.9 Å². The summed E-state index contributed by atoms with van der Waals surface area (Å²) in [5.74, 6) is -1.10. The Morgan fingerprint density at radius 1 is 1.60 bits per heavy atom. The van der Waals surface area contributed by atoms with Gasteiger partial charge in [-0.1, -0.05) is 6.08 Å². The summed E-state index contributed by atoms with van der Waals surface area (Å²) in [7, 11) is 0. The molecule has 1 heterocycles. The first-order chi connectivity index (χ1) is 7.06. The van der Waals surface area contributed by atoms with Gasteiger partial charge in [0.15, 0.2) is 0 Å². The van der Waals surface area contributed by atoms with Crippen LogP contribution in [0.1, 0.15) is 6.42 Å². The van der Waals surface area contributed by atoms with Crippen molar-refractivity contribution in [2.75, 3.05) is 13.1 Å². The van der Waals surface area contributed by atoms with Crippen LogP contribution in [-0.4, -0.2) is 52.3 Å². The number of hydrogen-bond acceptors (Lipinski definition) is 3. The molecule has 1 aliphatic heterocycles. The number of aliphatic hydroxyl groups is 1. The zero-order valence-corrected chi connectivity index (χ0v) is 8.22. The van der Waals surface area contributed by atoms with Crippen LogP contribution in [0.15, 0.2) is 12.7 Å². The van der Waals surface area contributed by atoms with Crippen LogP contribution in [0.2, 0.25) is 0 Å². The quantitative estimate of drug-likeness (QED) is 0.547. The molecule has 1 aliphatic rings. The van der Waals surface area contributed by atoms with E-state index in [4.69, 9.17) is 5.11 Å². The molecular weight excluding hydrogens is 200 g/mol. The van der Waals surface area contributed by atoms with Crippen LogP contribution in [0.3, 0.4) is 0 Å². The van der Waals surface area contributed by atoms with Crippen LogP contribution in [0.5, 0.6) is 0 Å². The van der Waals surface area contributed by atoms with Gasteiger partial charge in [-0.3, -0.25) is 0 Å². The van der Waals surface area contributed by atoms with Gasteiger partial charge in [0.25, 0.3) is 0 Å². The highest BCUT2D eigenvalue weighted by Gasteiger charge is 2.38. The van der Waals surface area contributed by atoms with Crippen LogP contribution in [-0.2, 0) is 4.79 Å². The van der Waals surface area contributed by atoms with E-state index in [0.29, 0.717) is 0 Å². The minimum atomic E-state index is -1.10. The van der Waals surface area contributed by atoms with Gasteiger partial charge in [0.1, 0.15) is 6.04 Å². The number of nitrogens with one attached hydrogen (secondary N) is 1. The maximum absolute atomic E-state index is 11.5. The van der Waals surface area contributed by atoms with Gasteiger partial charge >= 0.3 is 12.0 Å². The third-order valence-electron chi connectivity index (χ3n) is 2.22. The summed E-state index contributed by atoms with van der Waals surface area (Å²) < 4.78 is 0. The van der Waals surface area contributed by atoms with Gasteiger partial charge in [0.05, 0.1) is 6.10 Å². The molecule has 15 heavy (non-hydrogen) atoms. The molecule has 0 aromatic heterocycles. The molecule has 3 N–H and O–H groups in total. The van der Waals surface area contributed by atoms with Gasteiger partial charge in [0, 0.05) is 19.5 Å². The summed E-state index contributed by atoms with van der Waals surface area (Å²) in [5, 5.41) is 20.6. The molecule has 1 saturated heterocycles. The fourth-order valence-electron chi connectivity index (χ4n) is 1.53. The minimum Gasteiger partial charge on any atom is -0.480 e. The summed E-state index contributed by atoms with van der Waals surface area (Å²) in [6, 6.07) is -1.43. The number of aliphatic hydroxyl groups excluding tert-OH is 1. The van der Waals surface area contributed by atoms with Gasteiger partial charge in [-0.15, -0.1) is 6.58 Å². The summed E-state index contributed by atoms with van der Waals surface area (Å²) in [4.78, 5) is 23.4. The molecule has 0 unspecified atom stereocenters. The number of carboxylic acids is 1. The van der Waals surface area contributed by atoms with E-state index in [1.807, 2.05) is 0 Å². The van der Waals surface area contributed by atoms with Crippen LogP contribution >= 0.6 is 0 Å². The lowest BCUT2D eigenvalue weighted by molar-refractivity contribution is -0.141. The Bertz CT molecular complexity index is 279. The average Bonchev–Trinajstić information content (AvgIpc) is 2.57. The molecule has 0 saturated carbocycles. The monoisotopic (exact) mass is 214 g/mol. The van der Waals surface area contributed by atoms with E-state index < -0.39 is 24.1 Å². The molecule has 0 aliphatic carbocycles. The standard InChI is InChI=1S/C9H14N2O4/c1-2-3-10-9(15)11-5-6(12)4-7(11)8(13)14/h2,6-7,12H,1,3-5H2,(H,10,15)(H,13,14)/t6-,7-/m1/s1. The predicted octanol–water partition coefficient (Wildman–Crippen LogP) is -0.598. The smallest absolute Gasteiger partial charge is 0.326 e. The number of carboxylic acid groups (broad SMARTS) is 1. The first-order valence-electron chi connectivity index (χ1n) is 4.62. The lowest BCUT2D eigenvalue weighted by Crippen LogP contribution is -2.46. The third kappa shape index (κ3) is 2.69. The van der Waals surface area contributed by atoms with Crippen molar-refractivity contribution in [1.29, 1.82) is 0 Å². The van der Waals surface area contributed by atoms with Crippen molar-refractivity contribution in [1.82, 2.24) is 10.2 Å². The Morgan fingerprint density at radius 3 is 2.80 bits per heavy atom. The van der Waals surface area contributed by atoms with Crippen LogP contribution in [0.4, 0.5) is 4.79 Å². The van der Waals surface area contributed by atoms with Crippen molar-refractivity contribution in [3.05, 3.63) is 12.7 Å². The molecule has 6 heteroatoms. The third-order valence-corrected chi connectivity index (χ3v) is 2.22. The molecule has 6 nitrogen and oxygen atoms in total. The van der Waals surface area contributed by atoms with Crippen LogP contribution in [0.25, 0.3) is 0 Å². The fraction of sp³-hybridized carbons (Fsp3) is 0.556. The lowest BCUT2D eigenvalue weighted by Gasteiger charge is -2.20. The molecule has 0 aromatic rings. The highest BCUT2D eigenvalue weighted by Crippen LogP contribution is 2.17. The van der Waals surface area contributed by atoms with E-state index in [1.165, 1.54) is 6.08 Å². The molecule has 0 radical (unpaired) electrons. The zero-order valence-electron chi connectivity index (χ0n) is 8.22. The molecule has 0 bridgehead atoms. The zero-order chi connectivity index (χ0) is 11.4. The maximum atomic E-state index is 11.5. The second kappa shape index (κ2) is 4.79. The number of urea groups is 1. The molecule has 2 amide bonds. The van der Waals surface area contributed by atoms with Crippen molar-refractivity contribution in [2.24, 2.45) is 0 Å². The Hall–Kier alpha value is -1.56. The van der Waals surface area contributed by atoms with E-state index in [1.54, 1.807) is 0 Å². The molecule has 1 rings (SSSR count). The van der Waals surface area contributed by atoms with E-state index in [0.717, 1.165) is 4.90 Å². The Kier molecular flexibility index (Phi) is 3.68. The van der Waals surface area contributed by atoms with Crippen LogP contribution < -0.4 is 5.32 Å². The Labute approximate surface area is 87.2 Å². The average molecular weight is 214 g/mol. The lowest BCUT2D eigenvalue weighted by atomic mass is 10.2. The molecule has 1 fully saturated rings. The highest BCUT2D eigenvalue weighted by molar-refractivity contribution is 5.83. The number of amides is 2. The SMILES string of the molecule is C=CCNC(=O)N1C[C@H](O)C[C@@H]1C(=O)O. The number of aliphatic carboxylic acids is 1. The van der Waals surface area contributed by atoms with Gasteiger partial charge in [0.2, 0.25) is 0 Å². The topological polar surface area (TPSA) is 89.9 Å². The van der Waals surface area contributed by atoms with E-state index in [9.17, 15) is 14.7 Å². The maximum Gasteiger partial charge on any atom is 0.326 e. The van der Waals surface area contributed by atoms with Gasteiger partial charge < -0.3 is 20.4 Å². The summed E-state index contributed by atoms with van der Waals surface area (Å²) >= 11 is 0. The van der Waals surface area contributed by atoms with Gasteiger partial charge in [-0.2, -0.15) is 0 Å². The van der Waals surface area contributed by atoms with Crippen molar-refractivity contribution in [2.45, 2.75) is 18.6 Å². The van der Waals surface area contributed by atoms with Crippen molar-refractivity contribution in [3.8, 4) is 0 Å². The fourth-order valence-corrected chi connectivity index (χ4v) is 1.53. The highest BCUT2D eigenvalue weighted by atomic mass is 16.4. The largest absolute Gasteiger partial charge is 0.480 e. The Morgan fingerprint density at radius 2 is 2.27 bits per heavy atom. The number of carbonyl (C=O) groups is 2. The molecule has 2 atom stereocenters. The van der Waals surface area contributed by atoms with Crippen LogP contribution in [0, 0.1) is 0 Å². The first kappa shape index (κ1) is 11.5. The number of carbonyl (C=O) groups excluding carboxylic acids is 1. The van der Waals surface area contributed by atoms with Crippen molar-refractivity contribution in [3.63, 3.8) is 0 Å². The summed E-state index contributed by atoms with van der Waals surface area (Å²) in [6.45, 7) is 3.76. The normalized spacial score (nSPS) is 25.0. The predicted molar refractivity (Wildman–Crippen MR) is 52.3 cm³/mol. The Balaban J connectivity index is 2.62.